The van der Waals surface area contributed by atoms with E-state index in [9.17, 15) is 5.11 Å². The van der Waals surface area contributed by atoms with Gasteiger partial charge in [-0.1, -0.05) is 45.7 Å². The zero-order valence-electron chi connectivity index (χ0n) is 11.1. The summed E-state index contributed by atoms with van der Waals surface area (Å²) in [5, 5.41) is 13.3. The number of nitrogens with zero attached hydrogens (tertiary/aromatic N) is 1. The third kappa shape index (κ3) is 3.26. The van der Waals surface area contributed by atoms with E-state index in [0.717, 1.165) is 26.4 Å². The van der Waals surface area contributed by atoms with Crippen LogP contribution in [0, 0.1) is 0 Å². The quantitative estimate of drug-likeness (QED) is 0.717. The fourth-order valence-electron chi connectivity index (χ4n) is 2.34. The molecule has 0 aliphatic carbocycles. The lowest BCUT2D eigenvalue weighted by Gasteiger charge is -2.13. The smallest absolute Gasteiger partial charge is 0.0831 e. The molecule has 21 heavy (non-hydrogen) atoms. The van der Waals surface area contributed by atoms with Gasteiger partial charge in [0.15, 0.2) is 0 Å². The number of hydrogen-bond donors (Lipinski definition) is 1. The number of rotatable bonds is 3. The van der Waals surface area contributed by atoms with E-state index >= 15 is 0 Å². The first-order valence-corrected chi connectivity index (χ1v) is 7.76. The van der Waals surface area contributed by atoms with Crippen molar-refractivity contribution in [3.8, 4) is 0 Å². The topological polar surface area (TPSA) is 33.1 Å². The molecule has 3 aromatic rings. The maximum atomic E-state index is 10.4. The Kier molecular flexibility index (Phi) is 4.24. The Hall–Kier alpha value is -1.42. The average Bonchev–Trinajstić information content (AvgIpc) is 2.49. The highest BCUT2D eigenvalue weighted by Crippen LogP contribution is 2.26. The van der Waals surface area contributed by atoms with Crippen LogP contribution >= 0.6 is 27.5 Å². The number of fused-ring (bicyclic) bond motifs is 1. The molecule has 0 bridgehead atoms. The van der Waals surface area contributed by atoms with Crippen LogP contribution in [0.4, 0.5) is 0 Å². The van der Waals surface area contributed by atoms with Crippen LogP contribution in [-0.2, 0) is 6.42 Å². The molecular formula is C17H13BrClNO. The number of benzene rings is 2. The van der Waals surface area contributed by atoms with Crippen LogP contribution in [0.15, 0.2) is 59.3 Å². The van der Waals surface area contributed by atoms with E-state index in [1.807, 2.05) is 36.4 Å². The molecule has 0 aliphatic heterocycles. The predicted molar refractivity (Wildman–Crippen MR) is 89.6 cm³/mol. The summed E-state index contributed by atoms with van der Waals surface area (Å²) in [4.78, 5) is 3.96. The molecule has 0 saturated carbocycles. The van der Waals surface area contributed by atoms with Crippen molar-refractivity contribution in [2.75, 3.05) is 0 Å². The number of halogens is 2. The molecule has 2 nitrogen and oxygen atoms in total. The van der Waals surface area contributed by atoms with E-state index in [4.69, 9.17) is 11.6 Å². The van der Waals surface area contributed by atoms with Crippen LogP contribution in [0.1, 0.15) is 17.2 Å². The van der Waals surface area contributed by atoms with Crippen molar-refractivity contribution in [1.82, 2.24) is 4.98 Å². The first-order valence-electron chi connectivity index (χ1n) is 6.59. The molecule has 1 atom stereocenters. The van der Waals surface area contributed by atoms with Gasteiger partial charge in [0.1, 0.15) is 0 Å². The fraction of sp³-hybridized carbons (Fsp3) is 0.118. The summed E-state index contributed by atoms with van der Waals surface area (Å²) in [5.41, 5.74) is 1.78. The molecule has 3 rings (SSSR count). The summed E-state index contributed by atoms with van der Waals surface area (Å²) in [5.74, 6) is 0. The Morgan fingerprint density at radius 2 is 1.86 bits per heavy atom. The van der Waals surface area contributed by atoms with Crippen LogP contribution in [-0.4, -0.2) is 10.1 Å². The van der Waals surface area contributed by atoms with Gasteiger partial charge in [-0.15, -0.1) is 0 Å². The minimum atomic E-state index is -0.585. The van der Waals surface area contributed by atoms with Gasteiger partial charge < -0.3 is 5.11 Å². The van der Waals surface area contributed by atoms with Crippen LogP contribution < -0.4 is 0 Å². The van der Waals surface area contributed by atoms with Gasteiger partial charge in [0.25, 0.3) is 0 Å². The SMILES string of the molecule is OC(Cc1ccncc1Cl)c1ccc2cc(Br)ccc2c1. The fourth-order valence-corrected chi connectivity index (χ4v) is 2.91. The normalized spacial score (nSPS) is 12.5. The molecule has 0 amide bonds. The van der Waals surface area contributed by atoms with Crippen molar-refractivity contribution >= 4 is 38.3 Å². The van der Waals surface area contributed by atoms with Gasteiger partial charge in [0.05, 0.1) is 11.1 Å². The number of aromatic nitrogens is 1. The molecule has 1 N–H and O–H groups in total. The van der Waals surface area contributed by atoms with Crippen molar-refractivity contribution in [3.63, 3.8) is 0 Å². The Morgan fingerprint density at radius 3 is 2.67 bits per heavy atom. The van der Waals surface area contributed by atoms with E-state index in [0.29, 0.717) is 11.4 Å². The van der Waals surface area contributed by atoms with Gasteiger partial charge in [-0.05, 0) is 46.2 Å². The molecule has 1 unspecified atom stereocenters. The molecule has 1 aromatic heterocycles. The molecule has 0 saturated heterocycles. The van der Waals surface area contributed by atoms with Gasteiger partial charge in [-0.2, -0.15) is 0 Å². The van der Waals surface area contributed by atoms with Gasteiger partial charge in [-0.25, -0.2) is 0 Å². The molecule has 0 radical (unpaired) electrons. The van der Waals surface area contributed by atoms with Gasteiger partial charge >= 0.3 is 0 Å². The van der Waals surface area contributed by atoms with Crippen LogP contribution in [0.3, 0.4) is 0 Å². The molecule has 0 fully saturated rings. The molecule has 4 heteroatoms. The van der Waals surface area contributed by atoms with E-state index in [1.165, 1.54) is 0 Å². The van der Waals surface area contributed by atoms with Gasteiger partial charge in [0.2, 0.25) is 0 Å². The standard InChI is InChI=1S/C17H13BrClNO/c18-15-4-3-11-7-14(2-1-12(11)8-15)17(21)9-13-5-6-20-10-16(13)19/h1-8,10,17,21H,9H2. The van der Waals surface area contributed by atoms with E-state index in [1.54, 1.807) is 12.4 Å². The summed E-state index contributed by atoms with van der Waals surface area (Å²) in [6, 6.07) is 13.9. The first kappa shape index (κ1) is 14.5. The van der Waals surface area contributed by atoms with Crippen LogP contribution in [0.5, 0.6) is 0 Å². The van der Waals surface area contributed by atoms with Crippen molar-refractivity contribution in [2.45, 2.75) is 12.5 Å². The minimum Gasteiger partial charge on any atom is -0.388 e. The maximum Gasteiger partial charge on any atom is 0.0831 e. The predicted octanol–water partition coefficient (Wildman–Crippen LogP) is 4.93. The lowest BCUT2D eigenvalue weighted by atomic mass is 9.99. The highest BCUT2D eigenvalue weighted by molar-refractivity contribution is 9.10. The molecule has 0 aliphatic rings. The maximum absolute atomic E-state index is 10.4. The Balaban J connectivity index is 1.89. The first-order chi connectivity index (χ1) is 10.1. The zero-order chi connectivity index (χ0) is 14.8. The molecule has 106 valence electrons. The number of aliphatic hydroxyl groups is 1. The van der Waals surface area contributed by atoms with E-state index in [-0.39, 0.29) is 0 Å². The number of pyridine rings is 1. The molecular weight excluding hydrogens is 350 g/mol. The molecule has 1 heterocycles. The van der Waals surface area contributed by atoms with E-state index < -0.39 is 6.10 Å². The largest absolute Gasteiger partial charge is 0.388 e. The summed E-state index contributed by atoms with van der Waals surface area (Å²) in [6.45, 7) is 0. The zero-order valence-corrected chi connectivity index (χ0v) is 13.5. The van der Waals surface area contributed by atoms with Crippen molar-refractivity contribution < 1.29 is 5.11 Å². The van der Waals surface area contributed by atoms with E-state index in [2.05, 4.69) is 27.0 Å². The Labute approximate surface area is 136 Å². The second kappa shape index (κ2) is 6.14. The Bertz CT molecular complexity index is 791. The lowest BCUT2D eigenvalue weighted by Crippen LogP contribution is -2.02. The molecule has 2 aromatic carbocycles. The van der Waals surface area contributed by atoms with Crippen LogP contribution in [0.2, 0.25) is 5.02 Å². The number of aliphatic hydroxyl groups excluding tert-OH is 1. The highest BCUT2D eigenvalue weighted by Gasteiger charge is 2.11. The third-order valence-electron chi connectivity index (χ3n) is 3.48. The summed E-state index contributed by atoms with van der Waals surface area (Å²) in [6.07, 6.45) is 3.18. The van der Waals surface area contributed by atoms with Gasteiger partial charge in [-0.3, -0.25) is 4.98 Å². The second-order valence-corrected chi connectivity index (χ2v) is 6.26. The third-order valence-corrected chi connectivity index (χ3v) is 4.31. The second-order valence-electron chi connectivity index (χ2n) is 4.94. The lowest BCUT2D eigenvalue weighted by molar-refractivity contribution is 0.178. The van der Waals surface area contributed by atoms with Crippen molar-refractivity contribution in [3.05, 3.63) is 75.5 Å². The minimum absolute atomic E-state index is 0.476. The monoisotopic (exact) mass is 361 g/mol. The highest BCUT2D eigenvalue weighted by atomic mass is 79.9. The summed E-state index contributed by atoms with van der Waals surface area (Å²) in [7, 11) is 0. The Morgan fingerprint density at radius 1 is 1.10 bits per heavy atom. The number of hydrogen-bond acceptors (Lipinski definition) is 2. The molecule has 0 spiro atoms. The average molecular weight is 363 g/mol. The summed E-state index contributed by atoms with van der Waals surface area (Å²) < 4.78 is 1.05. The van der Waals surface area contributed by atoms with Crippen molar-refractivity contribution in [2.24, 2.45) is 0 Å². The van der Waals surface area contributed by atoms with Crippen LogP contribution in [0.25, 0.3) is 10.8 Å². The van der Waals surface area contributed by atoms with Gasteiger partial charge in [0, 0.05) is 23.3 Å². The summed E-state index contributed by atoms with van der Waals surface area (Å²) >= 11 is 9.55. The van der Waals surface area contributed by atoms with Crippen molar-refractivity contribution in [1.29, 1.82) is 0 Å².